The Morgan fingerprint density at radius 1 is 1.21 bits per heavy atom. The summed E-state index contributed by atoms with van der Waals surface area (Å²) in [6, 6.07) is 4.07. The highest BCUT2D eigenvalue weighted by Crippen LogP contribution is 2.15. The van der Waals surface area contributed by atoms with E-state index in [9.17, 15) is 4.79 Å². The van der Waals surface area contributed by atoms with E-state index in [-0.39, 0.29) is 5.78 Å². The van der Waals surface area contributed by atoms with Gasteiger partial charge in [0.15, 0.2) is 5.78 Å². The van der Waals surface area contributed by atoms with Crippen molar-refractivity contribution in [3.8, 4) is 0 Å². The molecule has 0 saturated heterocycles. The van der Waals surface area contributed by atoms with Crippen molar-refractivity contribution in [2.75, 3.05) is 0 Å². The molecule has 0 aliphatic carbocycles. The maximum atomic E-state index is 12.0. The van der Waals surface area contributed by atoms with Gasteiger partial charge < -0.3 is 0 Å². The van der Waals surface area contributed by atoms with Gasteiger partial charge in [-0.25, -0.2) is 0 Å². The standard InChI is InChI=1S/C14H20N4O/c1-4-12(5-2)18-9-6-11(15-18)10-14(19)13-7-8-17(3)16-13/h6-9,12H,4-5,10H2,1-3H3. The van der Waals surface area contributed by atoms with E-state index in [0.29, 0.717) is 18.2 Å². The van der Waals surface area contributed by atoms with Crippen molar-refractivity contribution in [2.24, 2.45) is 7.05 Å². The average molecular weight is 260 g/mol. The molecule has 0 aliphatic heterocycles. The predicted molar refractivity (Wildman–Crippen MR) is 73.1 cm³/mol. The smallest absolute Gasteiger partial charge is 0.189 e. The number of nitrogens with zero attached hydrogens (tertiary/aromatic N) is 4. The summed E-state index contributed by atoms with van der Waals surface area (Å²) >= 11 is 0. The molecule has 0 bridgehead atoms. The molecule has 0 spiro atoms. The summed E-state index contributed by atoms with van der Waals surface area (Å²) in [5.41, 5.74) is 1.31. The molecule has 2 rings (SSSR count). The van der Waals surface area contributed by atoms with Crippen LogP contribution in [0.4, 0.5) is 0 Å². The third-order valence-electron chi connectivity index (χ3n) is 3.32. The Hall–Kier alpha value is -1.91. The van der Waals surface area contributed by atoms with Crippen LogP contribution in [0.3, 0.4) is 0 Å². The first-order valence-electron chi connectivity index (χ1n) is 6.70. The first-order chi connectivity index (χ1) is 9.13. The van der Waals surface area contributed by atoms with Gasteiger partial charge in [0.2, 0.25) is 0 Å². The third-order valence-corrected chi connectivity index (χ3v) is 3.32. The topological polar surface area (TPSA) is 52.7 Å². The van der Waals surface area contributed by atoms with Gasteiger partial charge in [-0.1, -0.05) is 13.8 Å². The minimum absolute atomic E-state index is 0.00963. The Kier molecular flexibility index (Phi) is 4.14. The summed E-state index contributed by atoms with van der Waals surface area (Å²) in [5, 5.41) is 8.60. The van der Waals surface area contributed by atoms with E-state index < -0.39 is 0 Å². The van der Waals surface area contributed by atoms with Crippen LogP contribution in [0.2, 0.25) is 0 Å². The molecule has 0 fully saturated rings. The normalized spacial score (nSPS) is 11.2. The number of ketones is 1. The molecule has 0 N–H and O–H groups in total. The fourth-order valence-electron chi connectivity index (χ4n) is 2.16. The second-order valence-corrected chi connectivity index (χ2v) is 4.73. The zero-order chi connectivity index (χ0) is 13.8. The molecule has 19 heavy (non-hydrogen) atoms. The largest absolute Gasteiger partial charge is 0.292 e. The van der Waals surface area contributed by atoms with Crippen molar-refractivity contribution in [3.63, 3.8) is 0 Å². The van der Waals surface area contributed by atoms with Crippen molar-refractivity contribution in [3.05, 3.63) is 35.9 Å². The van der Waals surface area contributed by atoms with Crippen molar-refractivity contribution in [2.45, 2.75) is 39.2 Å². The zero-order valence-electron chi connectivity index (χ0n) is 11.7. The number of hydrogen-bond donors (Lipinski definition) is 0. The van der Waals surface area contributed by atoms with Crippen LogP contribution in [0.25, 0.3) is 0 Å². The molecule has 0 aliphatic rings. The van der Waals surface area contributed by atoms with Crippen LogP contribution in [0.5, 0.6) is 0 Å². The van der Waals surface area contributed by atoms with Gasteiger partial charge in [0.25, 0.3) is 0 Å². The molecule has 5 nitrogen and oxygen atoms in total. The number of hydrogen-bond acceptors (Lipinski definition) is 3. The molecular weight excluding hydrogens is 240 g/mol. The average Bonchev–Trinajstić information content (AvgIpc) is 3.00. The molecule has 5 heteroatoms. The predicted octanol–water partition coefficient (Wildman–Crippen LogP) is 2.40. The maximum absolute atomic E-state index is 12.0. The minimum Gasteiger partial charge on any atom is -0.292 e. The third kappa shape index (κ3) is 3.10. The quantitative estimate of drug-likeness (QED) is 0.749. The minimum atomic E-state index is 0.00963. The van der Waals surface area contributed by atoms with Crippen LogP contribution < -0.4 is 0 Å². The Labute approximate surface area is 113 Å². The summed E-state index contributed by atoms with van der Waals surface area (Å²) in [7, 11) is 1.80. The van der Waals surface area contributed by atoms with Crippen molar-refractivity contribution in [1.29, 1.82) is 0 Å². The van der Waals surface area contributed by atoms with Crippen LogP contribution in [-0.2, 0) is 13.5 Å². The molecule has 0 radical (unpaired) electrons. The summed E-state index contributed by atoms with van der Waals surface area (Å²) in [6.07, 6.45) is 6.14. The van der Waals surface area contributed by atoms with E-state index in [4.69, 9.17) is 0 Å². The van der Waals surface area contributed by atoms with Crippen LogP contribution in [-0.4, -0.2) is 25.3 Å². The molecular formula is C14H20N4O. The molecule has 2 aromatic rings. The molecule has 102 valence electrons. The first-order valence-corrected chi connectivity index (χ1v) is 6.70. The molecule has 0 atom stereocenters. The monoisotopic (exact) mass is 260 g/mol. The molecule has 0 aromatic carbocycles. The fourth-order valence-corrected chi connectivity index (χ4v) is 2.16. The van der Waals surface area contributed by atoms with E-state index in [0.717, 1.165) is 18.5 Å². The molecule has 0 unspecified atom stereocenters. The highest BCUT2D eigenvalue weighted by atomic mass is 16.1. The van der Waals surface area contributed by atoms with E-state index >= 15 is 0 Å². The molecule has 0 amide bonds. The maximum Gasteiger partial charge on any atom is 0.189 e. The van der Waals surface area contributed by atoms with E-state index in [2.05, 4.69) is 24.0 Å². The molecule has 0 saturated carbocycles. The second kappa shape index (κ2) is 5.82. The van der Waals surface area contributed by atoms with Gasteiger partial charge in [-0.15, -0.1) is 0 Å². The summed E-state index contributed by atoms with van der Waals surface area (Å²) in [6.45, 7) is 4.29. The Morgan fingerprint density at radius 2 is 1.95 bits per heavy atom. The zero-order valence-corrected chi connectivity index (χ0v) is 11.7. The van der Waals surface area contributed by atoms with Crippen LogP contribution >= 0.6 is 0 Å². The van der Waals surface area contributed by atoms with Gasteiger partial charge >= 0.3 is 0 Å². The first kappa shape index (κ1) is 13.5. The van der Waals surface area contributed by atoms with Crippen molar-refractivity contribution in [1.82, 2.24) is 19.6 Å². The number of carbonyl (C=O) groups excluding carboxylic acids is 1. The highest BCUT2D eigenvalue weighted by Gasteiger charge is 2.13. The molecule has 2 aromatic heterocycles. The Morgan fingerprint density at radius 3 is 2.53 bits per heavy atom. The van der Waals surface area contributed by atoms with Crippen molar-refractivity contribution >= 4 is 5.78 Å². The summed E-state index contributed by atoms with van der Waals surface area (Å²) in [4.78, 5) is 12.0. The van der Waals surface area contributed by atoms with E-state index in [1.165, 1.54) is 0 Å². The Balaban J connectivity index is 2.06. The van der Waals surface area contributed by atoms with Gasteiger partial charge in [-0.3, -0.25) is 14.2 Å². The summed E-state index contributed by atoms with van der Waals surface area (Å²) < 4.78 is 3.59. The van der Waals surface area contributed by atoms with E-state index in [1.807, 2.05) is 16.9 Å². The lowest BCUT2D eigenvalue weighted by Crippen LogP contribution is -2.10. The van der Waals surface area contributed by atoms with E-state index in [1.54, 1.807) is 24.0 Å². The van der Waals surface area contributed by atoms with Crippen LogP contribution in [0, 0.1) is 0 Å². The lowest BCUT2D eigenvalue weighted by atomic mass is 10.2. The van der Waals surface area contributed by atoms with Crippen LogP contribution in [0.1, 0.15) is 48.9 Å². The van der Waals surface area contributed by atoms with Crippen molar-refractivity contribution < 1.29 is 4.79 Å². The number of aromatic nitrogens is 4. The fraction of sp³-hybridized carbons (Fsp3) is 0.500. The lowest BCUT2D eigenvalue weighted by Gasteiger charge is -2.12. The number of carbonyl (C=O) groups is 1. The van der Waals surface area contributed by atoms with Gasteiger partial charge in [0, 0.05) is 19.4 Å². The summed E-state index contributed by atoms with van der Waals surface area (Å²) in [5.74, 6) is 0.00963. The SMILES string of the molecule is CCC(CC)n1ccc(CC(=O)c2ccn(C)n2)n1. The van der Waals surface area contributed by atoms with Gasteiger partial charge in [0.1, 0.15) is 5.69 Å². The number of aryl methyl sites for hydroxylation is 1. The number of rotatable bonds is 6. The molecule has 2 heterocycles. The van der Waals surface area contributed by atoms with Gasteiger partial charge in [-0.2, -0.15) is 10.2 Å². The number of Topliss-reactive ketones (excluding diaryl/α,β-unsaturated/α-hetero) is 1. The van der Waals surface area contributed by atoms with Crippen LogP contribution in [0.15, 0.2) is 24.5 Å². The van der Waals surface area contributed by atoms with Gasteiger partial charge in [0.05, 0.1) is 18.2 Å². The second-order valence-electron chi connectivity index (χ2n) is 4.73. The highest BCUT2D eigenvalue weighted by molar-refractivity contribution is 5.95. The Bertz CT molecular complexity index is 551. The lowest BCUT2D eigenvalue weighted by molar-refractivity contribution is 0.0986. The van der Waals surface area contributed by atoms with Gasteiger partial charge in [-0.05, 0) is 25.0 Å².